The summed E-state index contributed by atoms with van der Waals surface area (Å²) in [6.07, 6.45) is 13.9. The Kier molecular flexibility index (Phi) is 5.30. The zero-order valence-corrected chi connectivity index (χ0v) is 11.5. The third-order valence-corrected chi connectivity index (χ3v) is 4.89. The van der Waals surface area contributed by atoms with Gasteiger partial charge in [0.2, 0.25) is 0 Å². The fourth-order valence-corrected chi connectivity index (χ4v) is 3.63. The normalized spacial score (nSPS) is 32.6. The molecular weight excluding hydrogens is 208 g/mol. The molecule has 17 heavy (non-hydrogen) atoms. The molecule has 2 aliphatic carbocycles. The van der Waals surface area contributed by atoms with Gasteiger partial charge in [-0.25, -0.2) is 0 Å². The van der Waals surface area contributed by atoms with Crippen LogP contribution < -0.4 is 5.73 Å². The van der Waals surface area contributed by atoms with Crippen LogP contribution in [0.4, 0.5) is 0 Å². The zero-order chi connectivity index (χ0) is 12.1. The van der Waals surface area contributed by atoms with Gasteiger partial charge in [-0.3, -0.25) is 0 Å². The lowest BCUT2D eigenvalue weighted by Crippen LogP contribution is -2.37. The van der Waals surface area contributed by atoms with Crippen molar-refractivity contribution in [2.75, 3.05) is 13.6 Å². The molecule has 100 valence electrons. The smallest absolute Gasteiger partial charge is 0.00923 e. The molecule has 2 aliphatic rings. The Balaban J connectivity index is 1.73. The van der Waals surface area contributed by atoms with Crippen molar-refractivity contribution in [3.8, 4) is 0 Å². The number of nitrogens with two attached hydrogens (primary N) is 1. The van der Waals surface area contributed by atoms with Crippen molar-refractivity contribution < 1.29 is 0 Å². The predicted molar refractivity (Wildman–Crippen MR) is 74.1 cm³/mol. The van der Waals surface area contributed by atoms with Gasteiger partial charge in [0.25, 0.3) is 0 Å². The molecule has 0 heterocycles. The first-order chi connectivity index (χ1) is 8.25. The molecule has 0 aromatic rings. The van der Waals surface area contributed by atoms with E-state index >= 15 is 0 Å². The molecule has 2 fully saturated rings. The van der Waals surface area contributed by atoms with E-state index in [1.165, 1.54) is 70.8 Å². The van der Waals surface area contributed by atoms with Crippen LogP contribution >= 0.6 is 0 Å². The highest BCUT2D eigenvalue weighted by Gasteiger charge is 2.23. The number of hydrogen-bond donors (Lipinski definition) is 1. The summed E-state index contributed by atoms with van der Waals surface area (Å²) < 4.78 is 0. The lowest BCUT2D eigenvalue weighted by molar-refractivity contribution is 0.165. The van der Waals surface area contributed by atoms with E-state index < -0.39 is 0 Å². The summed E-state index contributed by atoms with van der Waals surface area (Å²) in [6.45, 7) is 1.32. The molecule has 2 nitrogen and oxygen atoms in total. The van der Waals surface area contributed by atoms with Crippen molar-refractivity contribution in [3.63, 3.8) is 0 Å². The molecule has 0 radical (unpaired) electrons. The lowest BCUT2D eigenvalue weighted by Gasteiger charge is -2.33. The van der Waals surface area contributed by atoms with Gasteiger partial charge in [0.05, 0.1) is 0 Å². The molecule has 0 amide bonds. The molecule has 0 saturated heterocycles. The SMILES string of the molecule is CN(CC1CCC(N)CC1)C1CCCCCC1. The van der Waals surface area contributed by atoms with Crippen LogP contribution in [0, 0.1) is 5.92 Å². The van der Waals surface area contributed by atoms with Crippen molar-refractivity contribution in [1.82, 2.24) is 4.90 Å². The second-order valence-electron chi connectivity index (χ2n) is 6.37. The highest BCUT2D eigenvalue weighted by atomic mass is 15.1. The maximum atomic E-state index is 5.98. The average Bonchev–Trinajstić information content (AvgIpc) is 2.61. The standard InChI is InChI=1S/C15H30N2/c1-17(15-6-4-2-3-5-7-15)12-13-8-10-14(16)11-9-13/h13-15H,2-12,16H2,1H3. The van der Waals surface area contributed by atoms with E-state index in [9.17, 15) is 0 Å². The predicted octanol–water partition coefficient (Wildman–Crippen LogP) is 3.16. The first-order valence-electron chi connectivity index (χ1n) is 7.71. The summed E-state index contributed by atoms with van der Waals surface area (Å²) >= 11 is 0. The Labute approximate surface area is 107 Å². The van der Waals surface area contributed by atoms with E-state index in [1.807, 2.05) is 0 Å². The van der Waals surface area contributed by atoms with Crippen molar-refractivity contribution >= 4 is 0 Å². The topological polar surface area (TPSA) is 29.3 Å². The van der Waals surface area contributed by atoms with Gasteiger partial charge in [0.15, 0.2) is 0 Å². The molecular formula is C15H30N2. The number of nitrogens with zero attached hydrogens (tertiary/aromatic N) is 1. The largest absolute Gasteiger partial charge is 0.328 e. The van der Waals surface area contributed by atoms with Crippen LogP contribution in [-0.2, 0) is 0 Å². The van der Waals surface area contributed by atoms with Gasteiger partial charge >= 0.3 is 0 Å². The average molecular weight is 238 g/mol. The maximum absolute atomic E-state index is 5.98. The highest BCUT2D eigenvalue weighted by Crippen LogP contribution is 2.26. The van der Waals surface area contributed by atoms with Crippen LogP contribution in [0.3, 0.4) is 0 Å². The summed E-state index contributed by atoms with van der Waals surface area (Å²) in [5.41, 5.74) is 5.98. The molecule has 2 saturated carbocycles. The Morgan fingerprint density at radius 3 is 2.06 bits per heavy atom. The molecule has 0 spiro atoms. The number of hydrogen-bond acceptors (Lipinski definition) is 2. The Morgan fingerprint density at radius 1 is 0.882 bits per heavy atom. The second kappa shape index (κ2) is 6.75. The van der Waals surface area contributed by atoms with Crippen LogP contribution in [0.25, 0.3) is 0 Å². The van der Waals surface area contributed by atoms with E-state index in [0.717, 1.165) is 12.0 Å². The van der Waals surface area contributed by atoms with Gasteiger partial charge in [-0.2, -0.15) is 0 Å². The van der Waals surface area contributed by atoms with Crippen LogP contribution in [-0.4, -0.2) is 30.6 Å². The zero-order valence-electron chi connectivity index (χ0n) is 11.5. The van der Waals surface area contributed by atoms with Crippen LogP contribution in [0.15, 0.2) is 0 Å². The van der Waals surface area contributed by atoms with Crippen molar-refractivity contribution in [1.29, 1.82) is 0 Å². The monoisotopic (exact) mass is 238 g/mol. The Hall–Kier alpha value is -0.0800. The Morgan fingerprint density at radius 2 is 1.47 bits per heavy atom. The third kappa shape index (κ3) is 4.26. The summed E-state index contributed by atoms with van der Waals surface area (Å²) in [7, 11) is 2.35. The molecule has 2 rings (SSSR count). The second-order valence-corrected chi connectivity index (χ2v) is 6.37. The van der Waals surface area contributed by atoms with E-state index in [4.69, 9.17) is 5.73 Å². The molecule has 0 aromatic heterocycles. The third-order valence-electron chi connectivity index (χ3n) is 4.89. The van der Waals surface area contributed by atoms with Gasteiger partial charge in [0.1, 0.15) is 0 Å². The minimum Gasteiger partial charge on any atom is -0.328 e. The molecule has 0 aromatic carbocycles. The minimum atomic E-state index is 0.495. The lowest BCUT2D eigenvalue weighted by atomic mass is 9.86. The van der Waals surface area contributed by atoms with Crippen LogP contribution in [0.5, 0.6) is 0 Å². The summed E-state index contributed by atoms with van der Waals surface area (Å²) in [4.78, 5) is 2.66. The fraction of sp³-hybridized carbons (Fsp3) is 1.00. The molecule has 0 unspecified atom stereocenters. The van der Waals surface area contributed by atoms with Gasteiger partial charge in [0, 0.05) is 18.6 Å². The summed E-state index contributed by atoms with van der Waals surface area (Å²) in [6, 6.07) is 1.36. The minimum absolute atomic E-state index is 0.495. The van der Waals surface area contributed by atoms with Crippen molar-refractivity contribution in [2.24, 2.45) is 11.7 Å². The fourth-order valence-electron chi connectivity index (χ4n) is 3.63. The number of rotatable bonds is 3. The van der Waals surface area contributed by atoms with E-state index in [2.05, 4.69) is 11.9 Å². The molecule has 2 heteroatoms. The van der Waals surface area contributed by atoms with Gasteiger partial charge in [-0.05, 0) is 51.5 Å². The first kappa shape index (κ1) is 13.4. The first-order valence-corrected chi connectivity index (χ1v) is 7.71. The molecule has 0 bridgehead atoms. The molecule has 0 atom stereocenters. The quantitative estimate of drug-likeness (QED) is 0.765. The van der Waals surface area contributed by atoms with Gasteiger partial charge in [-0.15, -0.1) is 0 Å². The molecule has 2 N–H and O–H groups in total. The maximum Gasteiger partial charge on any atom is 0.00923 e. The van der Waals surface area contributed by atoms with Crippen LogP contribution in [0.1, 0.15) is 64.2 Å². The highest BCUT2D eigenvalue weighted by molar-refractivity contribution is 4.79. The Bertz CT molecular complexity index is 201. The van der Waals surface area contributed by atoms with E-state index in [0.29, 0.717) is 6.04 Å². The van der Waals surface area contributed by atoms with Gasteiger partial charge in [-0.1, -0.05) is 25.7 Å². The van der Waals surface area contributed by atoms with E-state index in [1.54, 1.807) is 0 Å². The van der Waals surface area contributed by atoms with Crippen LogP contribution in [0.2, 0.25) is 0 Å². The van der Waals surface area contributed by atoms with E-state index in [-0.39, 0.29) is 0 Å². The van der Waals surface area contributed by atoms with Crippen molar-refractivity contribution in [3.05, 3.63) is 0 Å². The summed E-state index contributed by atoms with van der Waals surface area (Å²) in [5, 5.41) is 0. The molecule has 0 aliphatic heterocycles. The van der Waals surface area contributed by atoms with Crippen molar-refractivity contribution in [2.45, 2.75) is 76.3 Å². The van der Waals surface area contributed by atoms with Gasteiger partial charge < -0.3 is 10.6 Å². The summed E-state index contributed by atoms with van der Waals surface area (Å²) in [5.74, 6) is 0.919.